The number of nitrogens with one attached hydrogen (secondary N) is 1. The van der Waals surface area contributed by atoms with Crippen molar-refractivity contribution in [2.75, 3.05) is 25.0 Å². The molecule has 1 aliphatic heterocycles. The molecule has 1 atom stereocenters. The van der Waals surface area contributed by atoms with Gasteiger partial charge in [-0.25, -0.2) is 14.2 Å². The fourth-order valence-corrected chi connectivity index (χ4v) is 3.50. The maximum atomic E-state index is 11.8. The molecular formula is C18H23N7O. The molecule has 1 N–H and O–H groups in total. The normalized spacial score (nSPS) is 18.2. The van der Waals surface area contributed by atoms with Crippen LogP contribution in [0, 0.1) is 0 Å². The monoisotopic (exact) mass is 353 g/mol. The fraction of sp³-hybridized carbons (Fsp3) is 0.444. The number of fused-ring (bicyclic) bond motifs is 1. The van der Waals surface area contributed by atoms with Gasteiger partial charge in [0.25, 0.3) is 5.56 Å². The summed E-state index contributed by atoms with van der Waals surface area (Å²) in [7, 11) is 0. The summed E-state index contributed by atoms with van der Waals surface area (Å²) >= 11 is 0. The summed E-state index contributed by atoms with van der Waals surface area (Å²) in [5.74, 6) is 0.849. The first-order valence-electron chi connectivity index (χ1n) is 9.10. The Bertz CT molecular complexity index is 919. The van der Waals surface area contributed by atoms with E-state index in [4.69, 9.17) is 0 Å². The second-order valence-electron chi connectivity index (χ2n) is 6.60. The van der Waals surface area contributed by atoms with E-state index in [1.54, 1.807) is 29.0 Å². The largest absolute Gasteiger partial charge is 0.367 e. The van der Waals surface area contributed by atoms with Gasteiger partial charge in [0.15, 0.2) is 5.65 Å². The SMILES string of the molecule is O=c1cccnn1CCN1CCCCC1CNc1ccc2nccn2n1. The molecule has 0 aliphatic carbocycles. The van der Waals surface area contributed by atoms with Gasteiger partial charge in [0.05, 0.1) is 6.54 Å². The van der Waals surface area contributed by atoms with E-state index in [0.717, 1.165) is 37.5 Å². The molecule has 3 aromatic rings. The van der Waals surface area contributed by atoms with Gasteiger partial charge in [0, 0.05) is 43.8 Å². The first-order valence-corrected chi connectivity index (χ1v) is 9.10. The van der Waals surface area contributed by atoms with Crippen LogP contribution in [0.2, 0.25) is 0 Å². The fourth-order valence-electron chi connectivity index (χ4n) is 3.50. The van der Waals surface area contributed by atoms with E-state index in [1.165, 1.54) is 17.5 Å². The highest BCUT2D eigenvalue weighted by Gasteiger charge is 2.22. The van der Waals surface area contributed by atoms with Gasteiger partial charge in [-0.15, -0.1) is 5.10 Å². The second-order valence-corrected chi connectivity index (χ2v) is 6.60. The molecule has 1 unspecified atom stereocenters. The maximum absolute atomic E-state index is 11.8. The van der Waals surface area contributed by atoms with Crippen LogP contribution in [0.15, 0.2) is 47.7 Å². The van der Waals surface area contributed by atoms with E-state index in [0.29, 0.717) is 12.6 Å². The number of piperidine rings is 1. The molecule has 1 fully saturated rings. The van der Waals surface area contributed by atoms with Gasteiger partial charge in [-0.2, -0.15) is 5.10 Å². The lowest BCUT2D eigenvalue weighted by molar-refractivity contribution is 0.148. The van der Waals surface area contributed by atoms with E-state index >= 15 is 0 Å². The Morgan fingerprint density at radius 2 is 2.12 bits per heavy atom. The summed E-state index contributed by atoms with van der Waals surface area (Å²) in [6, 6.07) is 7.59. The standard InChI is InChI=1S/C18H23N7O/c26-18-5-3-8-21-25(18)13-12-23-10-2-1-4-15(23)14-20-16-6-7-17-19-9-11-24(17)22-16/h3,5-9,11,15H,1-2,4,10,12-14H2,(H,20,22). The predicted molar refractivity (Wildman–Crippen MR) is 99.2 cm³/mol. The summed E-state index contributed by atoms with van der Waals surface area (Å²) in [5.41, 5.74) is 0.799. The molecule has 8 nitrogen and oxygen atoms in total. The van der Waals surface area contributed by atoms with Crippen LogP contribution >= 0.6 is 0 Å². The summed E-state index contributed by atoms with van der Waals surface area (Å²) in [5, 5.41) is 12.1. The smallest absolute Gasteiger partial charge is 0.266 e. The van der Waals surface area contributed by atoms with Gasteiger partial charge in [-0.1, -0.05) is 6.42 Å². The van der Waals surface area contributed by atoms with Crippen LogP contribution in [0.3, 0.4) is 0 Å². The van der Waals surface area contributed by atoms with E-state index in [-0.39, 0.29) is 5.56 Å². The van der Waals surface area contributed by atoms with E-state index in [1.807, 2.05) is 18.3 Å². The van der Waals surface area contributed by atoms with Crippen molar-refractivity contribution in [2.45, 2.75) is 31.8 Å². The molecule has 3 aromatic heterocycles. The Morgan fingerprint density at radius 1 is 1.15 bits per heavy atom. The molecule has 8 heteroatoms. The van der Waals surface area contributed by atoms with Crippen LogP contribution in [-0.2, 0) is 6.54 Å². The minimum atomic E-state index is -0.0444. The lowest BCUT2D eigenvalue weighted by Crippen LogP contribution is -2.45. The minimum Gasteiger partial charge on any atom is -0.367 e. The zero-order valence-corrected chi connectivity index (χ0v) is 14.7. The molecule has 0 amide bonds. The topological polar surface area (TPSA) is 80.4 Å². The van der Waals surface area contributed by atoms with Gasteiger partial charge >= 0.3 is 0 Å². The second kappa shape index (κ2) is 7.65. The summed E-state index contributed by atoms with van der Waals surface area (Å²) in [6.45, 7) is 3.35. The number of imidazole rings is 1. The third kappa shape index (κ3) is 3.75. The number of anilines is 1. The van der Waals surface area contributed by atoms with Crippen molar-refractivity contribution in [2.24, 2.45) is 0 Å². The van der Waals surface area contributed by atoms with Crippen LogP contribution < -0.4 is 10.9 Å². The molecule has 0 aromatic carbocycles. The highest BCUT2D eigenvalue weighted by Crippen LogP contribution is 2.17. The zero-order valence-electron chi connectivity index (χ0n) is 14.7. The van der Waals surface area contributed by atoms with Crippen molar-refractivity contribution in [3.63, 3.8) is 0 Å². The molecule has 4 heterocycles. The molecule has 0 saturated carbocycles. The lowest BCUT2D eigenvalue weighted by atomic mass is 10.0. The van der Waals surface area contributed by atoms with Gasteiger partial charge in [0.2, 0.25) is 0 Å². The van der Waals surface area contributed by atoms with Crippen molar-refractivity contribution in [1.29, 1.82) is 0 Å². The van der Waals surface area contributed by atoms with Crippen molar-refractivity contribution in [3.8, 4) is 0 Å². The van der Waals surface area contributed by atoms with Crippen LogP contribution in [0.5, 0.6) is 0 Å². The molecule has 0 bridgehead atoms. The molecule has 0 spiro atoms. The van der Waals surface area contributed by atoms with Crippen LogP contribution in [-0.4, -0.2) is 55.0 Å². The Hall–Kier alpha value is -2.74. The van der Waals surface area contributed by atoms with Crippen molar-refractivity contribution in [1.82, 2.24) is 29.3 Å². The highest BCUT2D eigenvalue weighted by atomic mass is 16.1. The van der Waals surface area contributed by atoms with E-state index in [9.17, 15) is 4.79 Å². The Kier molecular flexibility index (Phi) is 4.92. The molecule has 1 saturated heterocycles. The summed E-state index contributed by atoms with van der Waals surface area (Å²) < 4.78 is 3.31. The Labute approximate surface area is 151 Å². The summed E-state index contributed by atoms with van der Waals surface area (Å²) in [6.07, 6.45) is 8.84. The number of rotatable bonds is 6. The van der Waals surface area contributed by atoms with Gasteiger partial charge in [0.1, 0.15) is 5.82 Å². The molecule has 26 heavy (non-hydrogen) atoms. The van der Waals surface area contributed by atoms with Crippen LogP contribution in [0.4, 0.5) is 5.82 Å². The first kappa shape index (κ1) is 16.7. The summed E-state index contributed by atoms with van der Waals surface area (Å²) in [4.78, 5) is 18.5. The zero-order chi connectivity index (χ0) is 17.8. The van der Waals surface area contributed by atoms with Gasteiger partial charge in [-0.3, -0.25) is 9.69 Å². The molecule has 4 rings (SSSR count). The number of hydrogen-bond acceptors (Lipinski definition) is 6. The van der Waals surface area contributed by atoms with Gasteiger partial charge < -0.3 is 5.32 Å². The van der Waals surface area contributed by atoms with Crippen molar-refractivity contribution >= 4 is 11.5 Å². The minimum absolute atomic E-state index is 0.0444. The van der Waals surface area contributed by atoms with Crippen molar-refractivity contribution < 1.29 is 0 Å². The quantitative estimate of drug-likeness (QED) is 0.718. The lowest BCUT2D eigenvalue weighted by Gasteiger charge is -2.35. The van der Waals surface area contributed by atoms with Crippen LogP contribution in [0.25, 0.3) is 5.65 Å². The van der Waals surface area contributed by atoms with Crippen LogP contribution in [0.1, 0.15) is 19.3 Å². The average molecular weight is 353 g/mol. The van der Waals surface area contributed by atoms with E-state index in [2.05, 4.69) is 25.4 Å². The maximum Gasteiger partial charge on any atom is 0.266 e. The number of hydrogen-bond donors (Lipinski definition) is 1. The number of likely N-dealkylation sites (tertiary alicyclic amines) is 1. The Balaban J connectivity index is 1.37. The molecule has 1 aliphatic rings. The first-order chi connectivity index (χ1) is 12.8. The number of aromatic nitrogens is 5. The molecular weight excluding hydrogens is 330 g/mol. The predicted octanol–water partition coefficient (Wildman–Crippen LogP) is 1.25. The third-order valence-electron chi connectivity index (χ3n) is 4.91. The molecule has 0 radical (unpaired) electrons. The highest BCUT2D eigenvalue weighted by molar-refractivity contribution is 5.43. The average Bonchev–Trinajstić information content (AvgIpc) is 3.14. The van der Waals surface area contributed by atoms with E-state index < -0.39 is 0 Å². The number of nitrogens with zero attached hydrogens (tertiary/aromatic N) is 6. The Morgan fingerprint density at radius 3 is 3.04 bits per heavy atom. The third-order valence-corrected chi connectivity index (χ3v) is 4.91. The molecule has 136 valence electrons. The van der Waals surface area contributed by atoms with Gasteiger partial charge in [-0.05, 0) is 37.6 Å². The van der Waals surface area contributed by atoms with Crippen molar-refractivity contribution in [3.05, 3.63) is 53.2 Å².